The molecule has 0 heterocycles. The molecule has 0 aromatic heterocycles. The normalized spacial score (nSPS) is 15.0. The Balaban J connectivity index is 4.68. The standard InChI is InChI=1S/C15H33NO/c1-8-15(9-2,17-7)13(16-10-3)11-12-14(4,5)6/h13,16H,8-12H2,1-7H3. The van der Waals surface area contributed by atoms with E-state index in [9.17, 15) is 0 Å². The minimum atomic E-state index is 0.00125. The minimum Gasteiger partial charge on any atom is -0.377 e. The van der Waals surface area contributed by atoms with Gasteiger partial charge in [-0.3, -0.25) is 0 Å². The quantitative estimate of drug-likeness (QED) is 0.696. The second-order valence-electron chi connectivity index (χ2n) is 6.19. The third-order valence-electron chi connectivity index (χ3n) is 3.87. The maximum absolute atomic E-state index is 5.85. The zero-order valence-electron chi connectivity index (χ0n) is 13.0. The fourth-order valence-electron chi connectivity index (χ4n) is 2.55. The molecule has 1 unspecified atom stereocenters. The van der Waals surface area contributed by atoms with Gasteiger partial charge in [0.2, 0.25) is 0 Å². The van der Waals surface area contributed by atoms with Crippen molar-refractivity contribution in [3.05, 3.63) is 0 Å². The van der Waals surface area contributed by atoms with Crippen LogP contribution in [0.3, 0.4) is 0 Å². The van der Waals surface area contributed by atoms with Gasteiger partial charge in [-0.25, -0.2) is 0 Å². The number of ether oxygens (including phenoxy) is 1. The maximum Gasteiger partial charge on any atom is 0.0825 e. The molecule has 0 aliphatic rings. The van der Waals surface area contributed by atoms with Crippen LogP contribution in [-0.2, 0) is 4.74 Å². The maximum atomic E-state index is 5.85. The number of likely N-dealkylation sites (N-methyl/N-ethyl adjacent to an activating group) is 1. The summed E-state index contributed by atoms with van der Waals surface area (Å²) in [4.78, 5) is 0. The summed E-state index contributed by atoms with van der Waals surface area (Å²) in [5, 5.41) is 3.62. The molecule has 0 aliphatic carbocycles. The van der Waals surface area contributed by atoms with Gasteiger partial charge < -0.3 is 10.1 Å². The summed E-state index contributed by atoms with van der Waals surface area (Å²) in [7, 11) is 1.86. The molecule has 0 aliphatic heterocycles. The van der Waals surface area contributed by atoms with Gasteiger partial charge in [0.1, 0.15) is 0 Å². The summed E-state index contributed by atoms with van der Waals surface area (Å²) in [6, 6.07) is 0.465. The predicted molar refractivity (Wildman–Crippen MR) is 76.5 cm³/mol. The van der Waals surface area contributed by atoms with Gasteiger partial charge in [-0.1, -0.05) is 41.5 Å². The Kier molecular flexibility index (Phi) is 7.34. The Labute approximate surface area is 109 Å². The average Bonchev–Trinajstić information content (AvgIpc) is 2.27. The highest BCUT2D eigenvalue weighted by Gasteiger charge is 2.35. The van der Waals surface area contributed by atoms with E-state index >= 15 is 0 Å². The number of methoxy groups -OCH3 is 1. The van der Waals surface area contributed by atoms with Gasteiger partial charge in [0.25, 0.3) is 0 Å². The lowest BCUT2D eigenvalue weighted by Gasteiger charge is -2.40. The molecule has 0 aromatic rings. The molecule has 2 nitrogen and oxygen atoms in total. The second-order valence-corrected chi connectivity index (χ2v) is 6.19. The van der Waals surface area contributed by atoms with Crippen molar-refractivity contribution in [3.8, 4) is 0 Å². The molecule has 0 amide bonds. The number of hydrogen-bond donors (Lipinski definition) is 1. The van der Waals surface area contributed by atoms with E-state index in [0.29, 0.717) is 11.5 Å². The molecular formula is C15H33NO. The van der Waals surface area contributed by atoms with E-state index in [0.717, 1.165) is 19.4 Å². The lowest BCUT2D eigenvalue weighted by Crippen LogP contribution is -2.51. The van der Waals surface area contributed by atoms with E-state index in [1.165, 1.54) is 12.8 Å². The number of rotatable bonds is 8. The molecular weight excluding hydrogens is 210 g/mol. The summed E-state index contributed by atoms with van der Waals surface area (Å²) < 4.78 is 5.85. The molecule has 104 valence electrons. The fourth-order valence-corrected chi connectivity index (χ4v) is 2.55. The van der Waals surface area contributed by atoms with Crippen molar-refractivity contribution in [1.29, 1.82) is 0 Å². The molecule has 0 fully saturated rings. The Morgan fingerprint density at radius 3 is 1.88 bits per heavy atom. The molecule has 0 spiro atoms. The van der Waals surface area contributed by atoms with Gasteiger partial charge in [-0.15, -0.1) is 0 Å². The third-order valence-corrected chi connectivity index (χ3v) is 3.87. The van der Waals surface area contributed by atoms with Gasteiger partial charge in [0, 0.05) is 13.2 Å². The predicted octanol–water partition coefficient (Wildman–Crippen LogP) is 4.00. The molecule has 0 aromatic carbocycles. The van der Waals surface area contributed by atoms with E-state index in [1.54, 1.807) is 0 Å². The molecule has 2 heteroatoms. The van der Waals surface area contributed by atoms with Crippen molar-refractivity contribution >= 4 is 0 Å². The summed E-state index contributed by atoms with van der Waals surface area (Å²) in [5.74, 6) is 0. The van der Waals surface area contributed by atoms with Crippen LogP contribution in [-0.4, -0.2) is 25.3 Å². The van der Waals surface area contributed by atoms with Gasteiger partial charge in [0.15, 0.2) is 0 Å². The third kappa shape index (κ3) is 5.39. The second kappa shape index (κ2) is 7.38. The smallest absolute Gasteiger partial charge is 0.0825 e. The van der Waals surface area contributed by atoms with Gasteiger partial charge >= 0.3 is 0 Å². The van der Waals surface area contributed by atoms with Crippen molar-refractivity contribution in [2.24, 2.45) is 5.41 Å². The number of nitrogens with one attached hydrogen (secondary N) is 1. The van der Waals surface area contributed by atoms with Crippen molar-refractivity contribution in [3.63, 3.8) is 0 Å². The van der Waals surface area contributed by atoms with E-state index in [-0.39, 0.29) is 5.60 Å². The van der Waals surface area contributed by atoms with Crippen molar-refractivity contribution in [2.45, 2.75) is 78.9 Å². The summed E-state index contributed by atoms with van der Waals surface area (Å²) in [5.41, 5.74) is 0.399. The largest absolute Gasteiger partial charge is 0.377 e. The molecule has 0 saturated heterocycles. The van der Waals surface area contributed by atoms with Crippen molar-refractivity contribution in [1.82, 2.24) is 5.32 Å². The highest BCUT2D eigenvalue weighted by molar-refractivity contribution is 4.91. The first-order chi connectivity index (χ1) is 7.85. The average molecular weight is 243 g/mol. The summed E-state index contributed by atoms with van der Waals surface area (Å²) in [6.07, 6.45) is 4.56. The van der Waals surface area contributed by atoms with Gasteiger partial charge in [-0.05, 0) is 37.6 Å². The zero-order chi connectivity index (χ0) is 13.5. The first-order valence-electron chi connectivity index (χ1n) is 7.13. The molecule has 1 atom stereocenters. The van der Waals surface area contributed by atoms with Crippen LogP contribution in [0.15, 0.2) is 0 Å². The van der Waals surface area contributed by atoms with Gasteiger partial charge in [0.05, 0.1) is 5.60 Å². The van der Waals surface area contributed by atoms with Crippen LogP contribution in [0.25, 0.3) is 0 Å². The molecule has 1 N–H and O–H groups in total. The van der Waals surface area contributed by atoms with E-state index in [1.807, 2.05) is 7.11 Å². The first kappa shape index (κ1) is 16.9. The van der Waals surface area contributed by atoms with Gasteiger partial charge in [-0.2, -0.15) is 0 Å². The first-order valence-corrected chi connectivity index (χ1v) is 7.13. The topological polar surface area (TPSA) is 21.3 Å². The van der Waals surface area contributed by atoms with E-state index in [4.69, 9.17) is 4.74 Å². The molecule has 0 rings (SSSR count). The Bertz CT molecular complexity index is 183. The highest BCUT2D eigenvalue weighted by Crippen LogP contribution is 2.30. The van der Waals surface area contributed by atoms with Crippen LogP contribution in [0.2, 0.25) is 0 Å². The summed E-state index contributed by atoms with van der Waals surface area (Å²) in [6.45, 7) is 14.6. The summed E-state index contributed by atoms with van der Waals surface area (Å²) >= 11 is 0. The van der Waals surface area contributed by atoms with Crippen LogP contribution in [0, 0.1) is 5.41 Å². The Hall–Kier alpha value is -0.0800. The lowest BCUT2D eigenvalue weighted by atomic mass is 9.81. The molecule has 0 saturated carbocycles. The highest BCUT2D eigenvalue weighted by atomic mass is 16.5. The number of hydrogen-bond acceptors (Lipinski definition) is 2. The Morgan fingerprint density at radius 2 is 1.59 bits per heavy atom. The monoisotopic (exact) mass is 243 g/mol. The van der Waals surface area contributed by atoms with E-state index in [2.05, 4.69) is 46.9 Å². The van der Waals surface area contributed by atoms with Crippen LogP contribution >= 0.6 is 0 Å². The Morgan fingerprint density at radius 1 is 1.06 bits per heavy atom. The minimum absolute atomic E-state index is 0.00125. The molecule has 0 radical (unpaired) electrons. The lowest BCUT2D eigenvalue weighted by molar-refractivity contribution is -0.0510. The molecule has 17 heavy (non-hydrogen) atoms. The van der Waals surface area contributed by atoms with Crippen molar-refractivity contribution < 1.29 is 4.74 Å². The van der Waals surface area contributed by atoms with Crippen LogP contribution < -0.4 is 5.32 Å². The van der Waals surface area contributed by atoms with Crippen LogP contribution in [0.4, 0.5) is 0 Å². The SMILES string of the molecule is CCNC(CCC(C)(C)C)C(CC)(CC)OC. The fraction of sp³-hybridized carbons (Fsp3) is 1.00. The van der Waals surface area contributed by atoms with E-state index < -0.39 is 0 Å². The zero-order valence-corrected chi connectivity index (χ0v) is 13.0. The molecule has 0 bridgehead atoms. The van der Waals surface area contributed by atoms with Crippen molar-refractivity contribution in [2.75, 3.05) is 13.7 Å². The van der Waals surface area contributed by atoms with Crippen LogP contribution in [0.5, 0.6) is 0 Å². The van der Waals surface area contributed by atoms with Crippen LogP contribution in [0.1, 0.15) is 67.2 Å².